The molecule has 1 aliphatic heterocycles. The van der Waals surface area contributed by atoms with E-state index in [0.717, 1.165) is 30.6 Å². The van der Waals surface area contributed by atoms with Crippen LogP contribution in [-0.4, -0.2) is 48.0 Å². The summed E-state index contributed by atoms with van der Waals surface area (Å²) in [5.41, 5.74) is -0.104. The van der Waals surface area contributed by atoms with Crippen molar-refractivity contribution >= 4 is 17.7 Å². The molecule has 0 saturated carbocycles. The Morgan fingerprint density at radius 2 is 1.62 bits per heavy atom. The fourth-order valence-electron chi connectivity index (χ4n) is 3.52. The fraction of sp³-hybridized carbons (Fsp3) is 0.680. The Morgan fingerprint density at radius 1 is 1.00 bits per heavy atom. The summed E-state index contributed by atoms with van der Waals surface area (Å²) in [5.74, 6) is 0.190. The second kappa shape index (κ2) is 9.59. The van der Waals surface area contributed by atoms with E-state index in [9.17, 15) is 9.59 Å². The molecule has 0 bridgehead atoms. The molecule has 1 aromatic rings. The number of rotatable bonds is 5. The van der Waals surface area contributed by atoms with Gasteiger partial charge in [-0.1, -0.05) is 6.07 Å². The van der Waals surface area contributed by atoms with Crippen LogP contribution in [0.1, 0.15) is 73.8 Å². The van der Waals surface area contributed by atoms with Gasteiger partial charge in [0, 0.05) is 30.9 Å². The van der Waals surface area contributed by atoms with Crippen LogP contribution in [0.4, 0.5) is 10.5 Å². The fourth-order valence-corrected chi connectivity index (χ4v) is 3.52. The molecule has 0 unspecified atom stereocenters. The van der Waals surface area contributed by atoms with Crippen LogP contribution in [0.2, 0.25) is 0 Å². The average Bonchev–Trinajstić information content (AvgIpc) is 2.60. The van der Waals surface area contributed by atoms with E-state index in [1.165, 1.54) is 0 Å². The Balaban J connectivity index is 2.11. The quantitative estimate of drug-likeness (QED) is 0.640. The number of carbonyl (C=O) groups is 2. The van der Waals surface area contributed by atoms with Gasteiger partial charge >= 0.3 is 12.1 Å². The molecule has 1 heterocycles. The third-order valence-corrected chi connectivity index (χ3v) is 4.93. The lowest BCUT2D eigenvalue weighted by molar-refractivity contribution is -0.170. The summed E-state index contributed by atoms with van der Waals surface area (Å²) in [5, 5.41) is 2.99. The van der Waals surface area contributed by atoms with E-state index in [2.05, 4.69) is 10.2 Å². The van der Waals surface area contributed by atoms with Crippen molar-refractivity contribution < 1.29 is 23.8 Å². The van der Waals surface area contributed by atoms with Gasteiger partial charge in [-0.2, -0.15) is 0 Å². The molecule has 0 aromatic heterocycles. The summed E-state index contributed by atoms with van der Waals surface area (Å²) >= 11 is 0. The summed E-state index contributed by atoms with van der Waals surface area (Å²) in [6, 6.07) is 5.81. The largest absolute Gasteiger partial charge is 0.476 e. The van der Waals surface area contributed by atoms with Crippen molar-refractivity contribution in [2.75, 3.05) is 18.0 Å². The first kappa shape index (κ1) is 25.8. The van der Waals surface area contributed by atoms with E-state index < -0.39 is 28.9 Å². The van der Waals surface area contributed by atoms with Gasteiger partial charge in [0.25, 0.3) is 0 Å². The molecule has 0 radical (unpaired) electrons. The molecule has 1 saturated heterocycles. The summed E-state index contributed by atoms with van der Waals surface area (Å²) in [6.45, 7) is 18.1. The van der Waals surface area contributed by atoms with Crippen LogP contribution in [0, 0.1) is 6.92 Å². The zero-order valence-electron chi connectivity index (χ0n) is 21.1. The van der Waals surface area contributed by atoms with Crippen LogP contribution in [0.3, 0.4) is 0 Å². The molecule has 7 heteroatoms. The SMILES string of the molecule is Cc1ccc(OC(C)(C)C(=O)OC(C)(C)C)cc1N1CCC[C@@H](NC(=O)OC(C)(C)C)C1. The molecular formula is C25H40N2O5. The van der Waals surface area contributed by atoms with Crippen molar-refractivity contribution in [2.24, 2.45) is 0 Å². The monoisotopic (exact) mass is 448 g/mol. The number of anilines is 1. The molecule has 1 atom stereocenters. The van der Waals surface area contributed by atoms with E-state index in [0.29, 0.717) is 12.3 Å². The molecule has 7 nitrogen and oxygen atoms in total. The van der Waals surface area contributed by atoms with Gasteiger partial charge in [-0.25, -0.2) is 9.59 Å². The number of nitrogens with zero attached hydrogens (tertiary/aromatic N) is 1. The number of ether oxygens (including phenoxy) is 3. The number of amides is 1. The first-order chi connectivity index (χ1) is 14.6. The van der Waals surface area contributed by atoms with E-state index in [4.69, 9.17) is 14.2 Å². The molecule has 1 N–H and O–H groups in total. The normalized spacial score (nSPS) is 17.5. The second-order valence-electron chi connectivity index (χ2n) is 11.0. The number of nitrogens with one attached hydrogen (secondary N) is 1. The van der Waals surface area contributed by atoms with Crippen LogP contribution < -0.4 is 15.0 Å². The Labute approximate surface area is 192 Å². The van der Waals surface area contributed by atoms with Crippen molar-refractivity contribution in [3.8, 4) is 5.75 Å². The second-order valence-corrected chi connectivity index (χ2v) is 11.0. The molecule has 1 amide bonds. The van der Waals surface area contributed by atoms with Crippen LogP contribution in [0.15, 0.2) is 18.2 Å². The molecule has 1 fully saturated rings. The third kappa shape index (κ3) is 7.92. The number of piperidine rings is 1. The van der Waals surface area contributed by atoms with E-state index in [-0.39, 0.29) is 6.04 Å². The Hall–Kier alpha value is -2.44. The van der Waals surface area contributed by atoms with Gasteiger partial charge in [-0.15, -0.1) is 0 Å². The average molecular weight is 449 g/mol. The highest BCUT2D eigenvalue weighted by atomic mass is 16.6. The Kier molecular flexibility index (Phi) is 7.74. The lowest BCUT2D eigenvalue weighted by Gasteiger charge is -2.36. The minimum atomic E-state index is -1.12. The summed E-state index contributed by atoms with van der Waals surface area (Å²) in [6.07, 6.45) is 1.46. The van der Waals surface area contributed by atoms with E-state index >= 15 is 0 Å². The molecule has 0 aliphatic carbocycles. The van der Waals surface area contributed by atoms with Crippen LogP contribution >= 0.6 is 0 Å². The Bertz CT molecular complexity index is 821. The molecule has 0 spiro atoms. The summed E-state index contributed by atoms with van der Waals surface area (Å²) in [4.78, 5) is 27.0. The predicted molar refractivity (Wildman–Crippen MR) is 126 cm³/mol. The Morgan fingerprint density at radius 3 is 2.22 bits per heavy atom. The van der Waals surface area contributed by atoms with E-state index in [1.54, 1.807) is 13.8 Å². The molecule has 2 rings (SSSR count). The van der Waals surface area contributed by atoms with Gasteiger partial charge < -0.3 is 24.4 Å². The predicted octanol–water partition coefficient (Wildman–Crippen LogP) is 4.99. The van der Waals surface area contributed by atoms with Crippen molar-refractivity contribution in [3.05, 3.63) is 23.8 Å². The lowest BCUT2D eigenvalue weighted by atomic mass is 10.0. The van der Waals surface area contributed by atoms with E-state index in [1.807, 2.05) is 66.7 Å². The maximum atomic E-state index is 12.6. The maximum Gasteiger partial charge on any atom is 0.407 e. The first-order valence-corrected chi connectivity index (χ1v) is 11.3. The topological polar surface area (TPSA) is 77.1 Å². The summed E-state index contributed by atoms with van der Waals surface area (Å²) < 4.78 is 17.0. The number of hydrogen-bond donors (Lipinski definition) is 1. The minimum Gasteiger partial charge on any atom is -0.476 e. The van der Waals surface area contributed by atoms with Crippen molar-refractivity contribution in [1.82, 2.24) is 5.32 Å². The number of benzene rings is 1. The van der Waals surface area contributed by atoms with Gasteiger partial charge in [0.1, 0.15) is 17.0 Å². The lowest BCUT2D eigenvalue weighted by Crippen LogP contribution is -2.49. The smallest absolute Gasteiger partial charge is 0.407 e. The number of alkyl carbamates (subject to hydrolysis) is 1. The van der Waals surface area contributed by atoms with Gasteiger partial charge in [0.05, 0.1) is 0 Å². The zero-order valence-corrected chi connectivity index (χ0v) is 21.1. The first-order valence-electron chi connectivity index (χ1n) is 11.3. The molecule has 180 valence electrons. The highest BCUT2D eigenvalue weighted by Gasteiger charge is 2.35. The highest BCUT2D eigenvalue weighted by Crippen LogP contribution is 2.31. The van der Waals surface area contributed by atoms with Crippen LogP contribution in [-0.2, 0) is 14.3 Å². The molecule has 32 heavy (non-hydrogen) atoms. The van der Waals surface area contributed by atoms with Crippen molar-refractivity contribution in [3.63, 3.8) is 0 Å². The van der Waals surface area contributed by atoms with Gasteiger partial charge in [0.15, 0.2) is 5.60 Å². The maximum absolute atomic E-state index is 12.6. The minimum absolute atomic E-state index is 0.000721. The molecule has 1 aliphatic rings. The van der Waals surface area contributed by atoms with Crippen LogP contribution in [0.5, 0.6) is 5.75 Å². The number of carbonyl (C=O) groups excluding carboxylic acids is 2. The van der Waals surface area contributed by atoms with Gasteiger partial charge in [-0.3, -0.25) is 0 Å². The highest BCUT2D eigenvalue weighted by molar-refractivity contribution is 5.79. The van der Waals surface area contributed by atoms with Crippen molar-refractivity contribution in [2.45, 2.75) is 98.0 Å². The van der Waals surface area contributed by atoms with Crippen LogP contribution in [0.25, 0.3) is 0 Å². The zero-order chi connectivity index (χ0) is 24.3. The standard InChI is InChI=1S/C25H40N2O5/c1-17-12-13-19(30-25(8,9)21(28)31-23(2,3)4)15-20(17)27-14-10-11-18(16-27)26-22(29)32-24(5,6)7/h12-13,15,18H,10-11,14,16H2,1-9H3,(H,26,29)/t18-/m1/s1. The number of esters is 1. The van der Waals surface area contributed by atoms with Crippen molar-refractivity contribution in [1.29, 1.82) is 0 Å². The summed E-state index contributed by atoms with van der Waals surface area (Å²) in [7, 11) is 0. The van der Waals surface area contributed by atoms with Gasteiger partial charge in [-0.05, 0) is 86.8 Å². The number of hydrogen-bond acceptors (Lipinski definition) is 6. The molecule has 1 aromatic carbocycles. The van der Waals surface area contributed by atoms with Gasteiger partial charge in [0.2, 0.25) is 0 Å². The molecular weight excluding hydrogens is 408 g/mol. The third-order valence-electron chi connectivity index (χ3n) is 4.93. The number of aryl methyl sites for hydroxylation is 1.